The van der Waals surface area contributed by atoms with Crippen LogP contribution in [0.2, 0.25) is 0 Å². The average molecular weight is 452 g/mol. The highest BCUT2D eigenvalue weighted by molar-refractivity contribution is 5.94. The highest BCUT2D eigenvalue weighted by atomic mass is 16.5. The first kappa shape index (κ1) is 23.1. The van der Waals surface area contributed by atoms with Crippen LogP contribution in [0.1, 0.15) is 43.0 Å². The van der Waals surface area contributed by atoms with Crippen LogP contribution in [0.15, 0.2) is 48.5 Å². The molecular weight excluding hydrogens is 418 g/mol. The van der Waals surface area contributed by atoms with E-state index in [1.165, 1.54) is 0 Å². The number of hydrogen-bond acceptors (Lipinski definition) is 5. The Morgan fingerprint density at radius 3 is 2.48 bits per heavy atom. The van der Waals surface area contributed by atoms with Crippen LogP contribution in [0, 0.1) is 0 Å². The molecule has 0 radical (unpaired) electrons. The number of benzene rings is 2. The van der Waals surface area contributed by atoms with Gasteiger partial charge < -0.3 is 19.7 Å². The molecule has 0 unspecified atom stereocenters. The van der Waals surface area contributed by atoms with Gasteiger partial charge in [0.15, 0.2) is 11.5 Å². The van der Waals surface area contributed by atoms with Gasteiger partial charge in [-0.15, -0.1) is 0 Å². The van der Waals surface area contributed by atoms with Crippen molar-refractivity contribution in [2.75, 3.05) is 44.7 Å². The Kier molecular flexibility index (Phi) is 7.83. The molecule has 2 aliphatic heterocycles. The molecule has 1 fully saturated rings. The molecule has 2 aliphatic rings. The zero-order valence-electron chi connectivity index (χ0n) is 19.3. The van der Waals surface area contributed by atoms with Crippen molar-refractivity contribution in [1.82, 2.24) is 9.80 Å². The molecule has 0 aliphatic carbocycles. The number of likely N-dealkylation sites (tertiary alicyclic amines) is 1. The van der Waals surface area contributed by atoms with Crippen LogP contribution >= 0.6 is 0 Å². The van der Waals surface area contributed by atoms with Gasteiger partial charge in [-0.3, -0.25) is 14.5 Å². The van der Waals surface area contributed by atoms with Crippen LogP contribution in [-0.2, 0) is 4.79 Å². The molecule has 2 heterocycles. The standard InChI is InChI=1S/C26H33N3O4/c1-2-13-29(22-11-14-28(15-12-22)26(31)20-7-4-3-5-8-20)19-25(30)27-21-9-10-23-24(18-21)33-17-6-16-32-23/h3-5,7-10,18,22H,2,6,11-17,19H2,1H3,(H,27,30). The van der Waals surface area contributed by atoms with Gasteiger partial charge in [-0.25, -0.2) is 0 Å². The summed E-state index contributed by atoms with van der Waals surface area (Å²) in [6.07, 6.45) is 3.56. The molecule has 2 amide bonds. The van der Waals surface area contributed by atoms with E-state index < -0.39 is 0 Å². The third-order valence-corrected chi connectivity index (χ3v) is 6.18. The molecule has 33 heavy (non-hydrogen) atoms. The number of rotatable bonds is 7. The first-order chi connectivity index (χ1) is 16.1. The summed E-state index contributed by atoms with van der Waals surface area (Å²) in [6, 6.07) is 15.3. The molecule has 0 saturated carbocycles. The summed E-state index contributed by atoms with van der Waals surface area (Å²) < 4.78 is 11.4. The first-order valence-electron chi connectivity index (χ1n) is 11.9. The van der Waals surface area contributed by atoms with Crippen molar-refractivity contribution in [2.45, 2.75) is 38.6 Å². The van der Waals surface area contributed by atoms with E-state index in [4.69, 9.17) is 9.47 Å². The fourth-order valence-corrected chi connectivity index (χ4v) is 4.50. The number of fused-ring (bicyclic) bond motifs is 1. The molecule has 7 heteroatoms. The van der Waals surface area contributed by atoms with Gasteiger partial charge in [0.05, 0.1) is 19.8 Å². The Hall–Kier alpha value is -3.06. The highest BCUT2D eigenvalue weighted by Crippen LogP contribution is 2.32. The van der Waals surface area contributed by atoms with Crippen molar-refractivity contribution < 1.29 is 19.1 Å². The van der Waals surface area contributed by atoms with E-state index in [0.717, 1.165) is 43.5 Å². The van der Waals surface area contributed by atoms with Crippen molar-refractivity contribution in [2.24, 2.45) is 0 Å². The summed E-state index contributed by atoms with van der Waals surface area (Å²) in [5.41, 5.74) is 1.44. The zero-order valence-corrected chi connectivity index (χ0v) is 19.3. The molecular formula is C26H33N3O4. The van der Waals surface area contributed by atoms with E-state index in [1.807, 2.05) is 53.4 Å². The van der Waals surface area contributed by atoms with E-state index in [1.54, 1.807) is 0 Å². The highest BCUT2D eigenvalue weighted by Gasteiger charge is 2.28. The number of anilines is 1. The van der Waals surface area contributed by atoms with E-state index in [2.05, 4.69) is 17.1 Å². The smallest absolute Gasteiger partial charge is 0.253 e. The largest absolute Gasteiger partial charge is 0.490 e. The number of carbonyl (C=O) groups is 2. The van der Waals surface area contributed by atoms with Crippen LogP contribution in [-0.4, -0.2) is 67.0 Å². The minimum Gasteiger partial charge on any atom is -0.490 e. The Balaban J connectivity index is 1.32. The topological polar surface area (TPSA) is 71.1 Å². The van der Waals surface area contributed by atoms with Crippen molar-refractivity contribution in [3.8, 4) is 11.5 Å². The normalized spacial score (nSPS) is 16.4. The number of piperidine rings is 1. The van der Waals surface area contributed by atoms with Crippen LogP contribution in [0.25, 0.3) is 0 Å². The van der Waals surface area contributed by atoms with Gasteiger partial charge in [0.1, 0.15) is 0 Å². The summed E-state index contributed by atoms with van der Waals surface area (Å²) in [5.74, 6) is 1.44. The van der Waals surface area contributed by atoms with Crippen molar-refractivity contribution >= 4 is 17.5 Å². The number of hydrogen-bond donors (Lipinski definition) is 1. The fourth-order valence-electron chi connectivity index (χ4n) is 4.50. The number of amides is 2. The second-order valence-electron chi connectivity index (χ2n) is 8.62. The van der Waals surface area contributed by atoms with Crippen molar-refractivity contribution in [3.05, 3.63) is 54.1 Å². The number of nitrogens with zero attached hydrogens (tertiary/aromatic N) is 2. The summed E-state index contributed by atoms with van der Waals surface area (Å²) >= 11 is 0. The van der Waals surface area contributed by atoms with E-state index in [9.17, 15) is 9.59 Å². The van der Waals surface area contributed by atoms with Crippen LogP contribution in [0.5, 0.6) is 11.5 Å². The lowest BCUT2D eigenvalue weighted by molar-refractivity contribution is -0.118. The molecule has 0 aromatic heterocycles. The number of carbonyl (C=O) groups excluding carboxylic acids is 2. The van der Waals surface area contributed by atoms with Gasteiger partial charge in [-0.1, -0.05) is 25.1 Å². The summed E-state index contributed by atoms with van der Waals surface area (Å²) in [6.45, 7) is 5.99. The monoisotopic (exact) mass is 451 g/mol. The predicted octanol–water partition coefficient (Wildman–Crippen LogP) is 3.80. The molecule has 0 spiro atoms. The lowest BCUT2D eigenvalue weighted by Gasteiger charge is -2.38. The maximum Gasteiger partial charge on any atom is 0.253 e. The predicted molar refractivity (Wildman–Crippen MR) is 128 cm³/mol. The third-order valence-electron chi connectivity index (χ3n) is 6.18. The second-order valence-corrected chi connectivity index (χ2v) is 8.62. The van der Waals surface area contributed by atoms with E-state index in [-0.39, 0.29) is 11.8 Å². The summed E-state index contributed by atoms with van der Waals surface area (Å²) in [7, 11) is 0. The molecule has 0 atom stereocenters. The molecule has 2 aromatic rings. The first-order valence-corrected chi connectivity index (χ1v) is 11.9. The van der Waals surface area contributed by atoms with Crippen LogP contribution in [0.4, 0.5) is 5.69 Å². The molecule has 7 nitrogen and oxygen atoms in total. The Morgan fingerprint density at radius 2 is 1.76 bits per heavy atom. The Labute approximate surface area is 195 Å². The molecule has 2 aromatic carbocycles. The average Bonchev–Trinajstić information content (AvgIpc) is 3.09. The SMILES string of the molecule is CCCN(CC(=O)Nc1ccc2c(c1)OCCCO2)C1CCN(C(=O)c2ccccc2)CC1. The maximum absolute atomic E-state index is 12.8. The third kappa shape index (κ3) is 6.05. The van der Waals surface area contributed by atoms with Gasteiger partial charge >= 0.3 is 0 Å². The zero-order chi connectivity index (χ0) is 23.0. The maximum atomic E-state index is 12.8. The molecule has 0 bridgehead atoms. The minimum atomic E-state index is -0.0410. The van der Waals surface area contributed by atoms with Gasteiger partial charge in [0.25, 0.3) is 5.91 Å². The van der Waals surface area contributed by atoms with Crippen molar-refractivity contribution in [1.29, 1.82) is 0 Å². The van der Waals surface area contributed by atoms with Gasteiger partial charge in [-0.05, 0) is 50.1 Å². The van der Waals surface area contributed by atoms with Crippen LogP contribution < -0.4 is 14.8 Å². The molecule has 176 valence electrons. The van der Waals surface area contributed by atoms with Gasteiger partial charge in [-0.2, -0.15) is 0 Å². The molecule has 1 saturated heterocycles. The number of ether oxygens (including phenoxy) is 2. The van der Waals surface area contributed by atoms with Gasteiger partial charge in [0, 0.05) is 42.9 Å². The summed E-state index contributed by atoms with van der Waals surface area (Å²) in [4.78, 5) is 29.8. The lowest BCUT2D eigenvalue weighted by atomic mass is 10.0. The van der Waals surface area contributed by atoms with Gasteiger partial charge in [0.2, 0.25) is 5.91 Å². The Bertz CT molecular complexity index is 942. The Morgan fingerprint density at radius 1 is 1.03 bits per heavy atom. The summed E-state index contributed by atoms with van der Waals surface area (Å²) in [5, 5.41) is 3.01. The molecule has 4 rings (SSSR count). The fraction of sp³-hybridized carbons (Fsp3) is 0.462. The molecule has 1 N–H and O–H groups in total. The number of nitrogens with one attached hydrogen (secondary N) is 1. The second kappa shape index (κ2) is 11.2. The van der Waals surface area contributed by atoms with E-state index in [0.29, 0.717) is 50.3 Å². The van der Waals surface area contributed by atoms with Crippen LogP contribution in [0.3, 0.4) is 0 Å². The quantitative estimate of drug-likeness (QED) is 0.693. The lowest BCUT2D eigenvalue weighted by Crippen LogP contribution is -2.49. The minimum absolute atomic E-state index is 0.0410. The van der Waals surface area contributed by atoms with E-state index >= 15 is 0 Å². The van der Waals surface area contributed by atoms with Crippen molar-refractivity contribution in [3.63, 3.8) is 0 Å².